The van der Waals surface area contributed by atoms with Crippen LogP contribution in [0.15, 0.2) is 42.6 Å². The van der Waals surface area contributed by atoms with Crippen LogP contribution >= 0.6 is 0 Å². The van der Waals surface area contributed by atoms with Crippen LogP contribution in [0.2, 0.25) is 0 Å². The summed E-state index contributed by atoms with van der Waals surface area (Å²) in [6.45, 7) is 0. The monoisotopic (exact) mass is 280 g/mol. The standard InChI is InChI=1S/C15H12N4O2/c16-11-3-1-9(2-4-11)15(21)19-14-6-10-5-12(8-20)18-13(10)7-17-14/h1-8,18H,16H2,(H,17,19,21). The van der Waals surface area contributed by atoms with E-state index in [4.69, 9.17) is 5.73 Å². The number of nitrogens with one attached hydrogen (secondary N) is 2. The van der Waals surface area contributed by atoms with Gasteiger partial charge in [0, 0.05) is 16.6 Å². The van der Waals surface area contributed by atoms with Crippen LogP contribution in [0, 0.1) is 0 Å². The molecule has 2 heterocycles. The molecule has 0 saturated carbocycles. The van der Waals surface area contributed by atoms with Crippen LogP contribution in [-0.4, -0.2) is 22.2 Å². The molecule has 104 valence electrons. The second-order valence-corrected chi connectivity index (χ2v) is 4.58. The van der Waals surface area contributed by atoms with Crippen molar-refractivity contribution in [3.05, 3.63) is 53.9 Å². The highest BCUT2D eigenvalue weighted by atomic mass is 16.1. The highest BCUT2D eigenvalue weighted by molar-refractivity contribution is 6.04. The predicted octanol–water partition coefficient (Wildman–Crippen LogP) is 2.21. The molecular weight excluding hydrogens is 268 g/mol. The number of anilines is 2. The third-order valence-electron chi connectivity index (χ3n) is 3.07. The van der Waals surface area contributed by atoms with Crippen LogP contribution < -0.4 is 11.1 Å². The number of pyridine rings is 1. The van der Waals surface area contributed by atoms with Crippen molar-refractivity contribution in [3.8, 4) is 0 Å². The van der Waals surface area contributed by atoms with Gasteiger partial charge in [-0.15, -0.1) is 0 Å². The maximum absolute atomic E-state index is 12.1. The lowest BCUT2D eigenvalue weighted by molar-refractivity contribution is 0.102. The number of carbonyl (C=O) groups is 2. The second kappa shape index (κ2) is 5.09. The van der Waals surface area contributed by atoms with Crippen molar-refractivity contribution in [3.63, 3.8) is 0 Å². The van der Waals surface area contributed by atoms with E-state index in [0.717, 1.165) is 17.2 Å². The fourth-order valence-corrected chi connectivity index (χ4v) is 2.01. The van der Waals surface area contributed by atoms with Crippen molar-refractivity contribution in [2.45, 2.75) is 0 Å². The van der Waals surface area contributed by atoms with E-state index in [1.54, 1.807) is 42.6 Å². The van der Waals surface area contributed by atoms with E-state index < -0.39 is 0 Å². The van der Waals surface area contributed by atoms with Crippen LogP contribution in [0.25, 0.3) is 10.9 Å². The molecule has 0 atom stereocenters. The Balaban J connectivity index is 1.85. The van der Waals surface area contributed by atoms with Crippen LogP contribution in [0.4, 0.5) is 11.5 Å². The molecule has 1 amide bonds. The fourth-order valence-electron chi connectivity index (χ4n) is 2.01. The average molecular weight is 280 g/mol. The third-order valence-corrected chi connectivity index (χ3v) is 3.07. The molecular formula is C15H12N4O2. The lowest BCUT2D eigenvalue weighted by Crippen LogP contribution is -2.12. The molecule has 0 aliphatic rings. The van der Waals surface area contributed by atoms with Gasteiger partial charge in [0.15, 0.2) is 6.29 Å². The highest BCUT2D eigenvalue weighted by Gasteiger charge is 2.08. The minimum atomic E-state index is -0.270. The first kappa shape index (κ1) is 12.9. The van der Waals surface area contributed by atoms with Gasteiger partial charge in [-0.25, -0.2) is 4.98 Å². The van der Waals surface area contributed by atoms with Crippen LogP contribution in [0.5, 0.6) is 0 Å². The smallest absolute Gasteiger partial charge is 0.256 e. The molecule has 4 N–H and O–H groups in total. The Morgan fingerprint density at radius 2 is 2.00 bits per heavy atom. The predicted molar refractivity (Wildman–Crippen MR) is 80.3 cm³/mol. The Morgan fingerprint density at radius 1 is 1.24 bits per heavy atom. The van der Waals surface area contributed by atoms with Gasteiger partial charge in [-0.2, -0.15) is 0 Å². The largest absolute Gasteiger partial charge is 0.399 e. The summed E-state index contributed by atoms with van der Waals surface area (Å²) in [6, 6.07) is 10.0. The minimum Gasteiger partial charge on any atom is -0.399 e. The number of hydrogen-bond donors (Lipinski definition) is 3. The number of H-pyrrole nitrogens is 1. The third kappa shape index (κ3) is 2.59. The van der Waals surface area contributed by atoms with E-state index in [-0.39, 0.29) is 5.91 Å². The van der Waals surface area contributed by atoms with E-state index >= 15 is 0 Å². The maximum atomic E-state index is 12.1. The summed E-state index contributed by atoms with van der Waals surface area (Å²) in [5.41, 5.74) is 7.88. The number of aromatic nitrogens is 2. The molecule has 21 heavy (non-hydrogen) atoms. The molecule has 0 spiro atoms. The zero-order valence-corrected chi connectivity index (χ0v) is 11.0. The maximum Gasteiger partial charge on any atom is 0.256 e. The summed E-state index contributed by atoms with van der Waals surface area (Å²) in [7, 11) is 0. The number of benzene rings is 1. The van der Waals surface area contributed by atoms with Gasteiger partial charge in [0.2, 0.25) is 0 Å². The van der Waals surface area contributed by atoms with Gasteiger partial charge in [0.25, 0.3) is 5.91 Å². The minimum absolute atomic E-state index is 0.270. The number of nitrogens with two attached hydrogens (primary N) is 1. The summed E-state index contributed by atoms with van der Waals surface area (Å²) >= 11 is 0. The summed E-state index contributed by atoms with van der Waals surface area (Å²) in [5.74, 6) is 0.147. The zero-order chi connectivity index (χ0) is 14.8. The normalized spacial score (nSPS) is 10.5. The van der Waals surface area contributed by atoms with Crippen LogP contribution in [0.3, 0.4) is 0 Å². The first-order valence-corrected chi connectivity index (χ1v) is 6.26. The average Bonchev–Trinajstić information content (AvgIpc) is 2.90. The molecule has 0 aliphatic carbocycles. The van der Waals surface area contributed by atoms with Gasteiger partial charge < -0.3 is 16.0 Å². The van der Waals surface area contributed by atoms with E-state index in [9.17, 15) is 9.59 Å². The first-order valence-electron chi connectivity index (χ1n) is 6.26. The summed E-state index contributed by atoms with van der Waals surface area (Å²) < 4.78 is 0. The topological polar surface area (TPSA) is 101 Å². The van der Waals surface area contributed by atoms with Crippen molar-refractivity contribution in [1.82, 2.24) is 9.97 Å². The lowest BCUT2D eigenvalue weighted by Gasteiger charge is -2.04. The van der Waals surface area contributed by atoms with Gasteiger partial charge in [-0.3, -0.25) is 9.59 Å². The molecule has 6 heteroatoms. The van der Waals surface area contributed by atoms with Crippen LogP contribution in [-0.2, 0) is 0 Å². The summed E-state index contributed by atoms with van der Waals surface area (Å²) in [6.07, 6.45) is 2.30. The van der Waals surface area contributed by atoms with Crippen molar-refractivity contribution in [2.75, 3.05) is 11.1 Å². The number of nitrogens with zero attached hydrogens (tertiary/aromatic N) is 1. The Hall–Kier alpha value is -3.15. The van der Waals surface area contributed by atoms with E-state index in [2.05, 4.69) is 15.3 Å². The van der Waals surface area contributed by atoms with Gasteiger partial charge in [0.05, 0.1) is 17.4 Å². The number of aldehydes is 1. The lowest BCUT2D eigenvalue weighted by atomic mass is 10.2. The quantitative estimate of drug-likeness (QED) is 0.505. The molecule has 0 aliphatic heterocycles. The molecule has 2 aromatic heterocycles. The van der Waals surface area contributed by atoms with Gasteiger partial charge in [0.1, 0.15) is 5.82 Å². The number of aromatic amines is 1. The Morgan fingerprint density at radius 3 is 2.71 bits per heavy atom. The summed E-state index contributed by atoms with van der Waals surface area (Å²) in [5, 5.41) is 3.51. The molecule has 6 nitrogen and oxygen atoms in total. The number of hydrogen-bond acceptors (Lipinski definition) is 4. The van der Waals surface area contributed by atoms with Gasteiger partial charge in [-0.05, 0) is 36.4 Å². The van der Waals surface area contributed by atoms with Crippen molar-refractivity contribution in [1.29, 1.82) is 0 Å². The number of amides is 1. The van der Waals surface area contributed by atoms with Crippen molar-refractivity contribution >= 4 is 34.6 Å². The van der Waals surface area contributed by atoms with Crippen LogP contribution in [0.1, 0.15) is 20.8 Å². The molecule has 3 rings (SSSR count). The molecule has 0 unspecified atom stereocenters. The fraction of sp³-hybridized carbons (Fsp3) is 0. The van der Waals surface area contributed by atoms with E-state index in [0.29, 0.717) is 22.8 Å². The van der Waals surface area contributed by atoms with Gasteiger partial charge in [-0.1, -0.05) is 0 Å². The molecule has 0 saturated heterocycles. The number of rotatable bonds is 3. The number of carbonyl (C=O) groups excluding carboxylic acids is 2. The Labute approximate surface area is 120 Å². The van der Waals surface area contributed by atoms with E-state index in [1.807, 2.05) is 0 Å². The van der Waals surface area contributed by atoms with Crippen molar-refractivity contribution in [2.24, 2.45) is 0 Å². The number of fused-ring (bicyclic) bond motifs is 1. The highest BCUT2D eigenvalue weighted by Crippen LogP contribution is 2.17. The molecule has 0 radical (unpaired) electrons. The Kier molecular flexibility index (Phi) is 3.12. The van der Waals surface area contributed by atoms with Crippen molar-refractivity contribution < 1.29 is 9.59 Å². The number of nitrogen functional groups attached to an aromatic ring is 1. The summed E-state index contributed by atoms with van der Waals surface area (Å²) in [4.78, 5) is 29.8. The molecule has 0 fully saturated rings. The van der Waals surface area contributed by atoms with E-state index in [1.165, 1.54) is 0 Å². The zero-order valence-electron chi connectivity index (χ0n) is 11.0. The SMILES string of the molecule is Nc1ccc(C(=O)Nc2cc3cc(C=O)[nH]c3cn2)cc1. The molecule has 0 bridgehead atoms. The van der Waals surface area contributed by atoms with Gasteiger partial charge >= 0.3 is 0 Å². The molecule has 1 aromatic carbocycles. The first-order chi connectivity index (χ1) is 10.2. The Bertz CT molecular complexity index is 821. The molecule has 3 aromatic rings. The second-order valence-electron chi connectivity index (χ2n) is 4.58.